The van der Waals surface area contributed by atoms with Gasteiger partial charge in [-0.05, 0) is 31.2 Å². The van der Waals surface area contributed by atoms with Gasteiger partial charge < -0.3 is 4.90 Å². The Morgan fingerprint density at radius 3 is 2.52 bits per heavy atom. The number of rotatable bonds is 5. The van der Waals surface area contributed by atoms with Gasteiger partial charge in [0.05, 0.1) is 12.8 Å². The van der Waals surface area contributed by atoms with Gasteiger partial charge in [0.1, 0.15) is 5.84 Å². The SMILES string of the molecule is C=N/N=C(/CN1CCN(S(C)(=O)=O)C(C)C1)N(C)c1ccc(Cl)cc1. The third-order valence-electron chi connectivity index (χ3n) is 4.23. The van der Waals surface area contributed by atoms with Gasteiger partial charge in [-0.25, -0.2) is 8.42 Å². The number of anilines is 1. The fourth-order valence-corrected chi connectivity index (χ4v) is 4.21. The van der Waals surface area contributed by atoms with Crippen LogP contribution < -0.4 is 4.90 Å². The molecule has 0 spiro atoms. The maximum atomic E-state index is 11.8. The molecule has 138 valence electrons. The maximum absolute atomic E-state index is 11.8. The molecule has 1 heterocycles. The molecule has 1 aromatic rings. The van der Waals surface area contributed by atoms with Gasteiger partial charge in [-0.1, -0.05) is 11.6 Å². The first-order chi connectivity index (χ1) is 11.7. The van der Waals surface area contributed by atoms with Crippen molar-refractivity contribution in [3.8, 4) is 0 Å². The molecule has 9 heteroatoms. The molecule has 25 heavy (non-hydrogen) atoms. The van der Waals surface area contributed by atoms with E-state index in [9.17, 15) is 8.42 Å². The third kappa shape index (κ3) is 5.24. The first kappa shape index (κ1) is 19.8. The zero-order valence-electron chi connectivity index (χ0n) is 14.8. The van der Waals surface area contributed by atoms with Crippen molar-refractivity contribution in [1.82, 2.24) is 9.21 Å². The molecule has 2 rings (SSSR count). The monoisotopic (exact) mass is 385 g/mol. The number of nitrogens with zero attached hydrogens (tertiary/aromatic N) is 5. The average molecular weight is 386 g/mol. The van der Waals surface area contributed by atoms with E-state index in [1.54, 1.807) is 0 Å². The van der Waals surface area contributed by atoms with Crippen molar-refractivity contribution in [2.75, 3.05) is 44.4 Å². The second-order valence-electron chi connectivity index (χ2n) is 6.15. The van der Waals surface area contributed by atoms with Crippen molar-refractivity contribution in [3.05, 3.63) is 29.3 Å². The second-order valence-corrected chi connectivity index (χ2v) is 8.52. The van der Waals surface area contributed by atoms with Crippen molar-refractivity contribution in [2.24, 2.45) is 10.2 Å². The van der Waals surface area contributed by atoms with Crippen LogP contribution in [0.25, 0.3) is 0 Å². The minimum absolute atomic E-state index is 0.0810. The highest BCUT2D eigenvalue weighted by Gasteiger charge is 2.30. The summed E-state index contributed by atoms with van der Waals surface area (Å²) in [7, 11) is -1.27. The van der Waals surface area contributed by atoms with E-state index in [1.807, 2.05) is 43.1 Å². The van der Waals surface area contributed by atoms with Gasteiger partial charge in [-0.15, -0.1) is 5.10 Å². The molecule has 1 aliphatic heterocycles. The Labute approximate surface area is 154 Å². The molecule has 0 bridgehead atoms. The van der Waals surface area contributed by atoms with Crippen molar-refractivity contribution < 1.29 is 8.42 Å². The van der Waals surface area contributed by atoms with Gasteiger partial charge in [0.2, 0.25) is 10.0 Å². The molecule has 0 aromatic heterocycles. The molecule has 0 amide bonds. The van der Waals surface area contributed by atoms with E-state index in [0.717, 1.165) is 11.5 Å². The molecule has 1 aliphatic rings. The Hall–Kier alpha value is -1.48. The summed E-state index contributed by atoms with van der Waals surface area (Å²) in [5.41, 5.74) is 0.939. The number of piperazine rings is 1. The lowest BCUT2D eigenvalue weighted by Crippen LogP contribution is -2.55. The molecule has 1 aromatic carbocycles. The molecule has 1 fully saturated rings. The van der Waals surface area contributed by atoms with E-state index in [4.69, 9.17) is 11.6 Å². The van der Waals surface area contributed by atoms with E-state index < -0.39 is 10.0 Å². The predicted octanol–water partition coefficient (Wildman–Crippen LogP) is 1.76. The number of halogens is 1. The van der Waals surface area contributed by atoms with Crippen LogP contribution >= 0.6 is 11.6 Å². The Morgan fingerprint density at radius 1 is 1.36 bits per heavy atom. The van der Waals surface area contributed by atoms with E-state index >= 15 is 0 Å². The van der Waals surface area contributed by atoms with Crippen molar-refractivity contribution in [3.63, 3.8) is 0 Å². The molecule has 0 saturated carbocycles. The molecular weight excluding hydrogens is 362 g/mol. The summed E-state index contributed by atoms with van der Waals surface area (Å²) >= 11 is 5.94. The summed E-state index contributed by atoms with van der Waals surface area (Å²) < 4.78 is 25.1. The normalized spacial score (nSPS) is 20.5. The number of likely N-dealkylation sites (N-methyl/N-ethyl adjacent to an activating group) is 1. The van der Waals surface area contributed by atoms with Gasteiger partial charge in [-0.3, -0.25) is 4.90 Å². The molecule has 0 aliphatic carbocycles. The highest BCUT2D eigenvalue weighted by Crippen LogP contribution is 2.19. The van der Waals surface area contributed by atoms with Crippen LogP contribution in [-0.2, 0) is 10.0 Å². The predicted molar refractivity (Wildman–Crippen MR) is 104 cm³/mol. The standard InChI is InChI=1S/C16H24ClN5O2S/c1-13-11-21(9-10-22(13)25(4,23)24)12-16(19-18-2)20(3)15-7-5-14(17)6-8-15/h5-8,13H,2,9-12H2,1,3-4H3/b19-16-. The van der Waals surface area contributed by atoms with E-state index in [-0.39, 0.29) is 6.04 Å². The van der Waals surface area contributed by atoms with E-state index in [1.165, 1.54) is 10.6 Å². The summed E-state index contributed by atoms with van der Waals surface area (Å²) in [4.78, 5) is 4.10. The van der Waals surface area contributed by atoms with Crippen LogP contribution in [0.5, 0.6) is 0 Å². The van der Waals surface area contributed by atoms with Gasteiger partial charge >= 0.3 is 0 Å². The van der Waals surface area contributed by atoms with Crippen molar-refractivity contribution in [2.45, 2.75) is 13.0 Å². The van der Waals surface area contributed by atoms with Gasteiger partial charge in [-0.2, -0.15) is 9.41 Å². The van der Waals surface area contributed by atoms with Crippen LogP contribution in [0.4, 0.5) is 5.69 Å². The fraction of sp³-hybridized carbons (Fsp3) is 0.500. The number of sulfonamides is 1. The van der Waals surface area contributed by atoms with Crippen LogP contribution in [0.1, 0.15) is 6.92 Å². The topological polar surface area (TPSA) is 68.6 Å². The fourth-order valence-electron chi connectivity index (χ4n) is 2.95. The van der Waals surface area contributed by atoms with Crippen LogP contribution in [0, 0.1) is 0 Å². The lowest BCUT2D eigenvalue weighted by Gasteiger charge is -2.39. The first-order valence-electron chi connectivity index (χ1n) is 7.93. The summed E-state index contributed by atoms with van der Waals surface area (Å²) in [6, 6.07) is 7.37. The lowest BCUT2D eigenvalue weighted by atomic mass is 10.2. The van der Waals surface area contributed by atoms with Crippen molar-refractivity contribution in [1.29, 1.82) is 0 Å². The zero-order valence-corrected chi connectivity index (χ0v) is 16.3. The smallest absolute Gasteiger partial charge is 0.211 e. The van der Waals surface area contributed by atoms with Gasteiger partial charge in [0, 0.05) is 50.2 Å². The van der Waals surface area contributed by atoms with E-state index in [2.05, 4.69) is 21.8 Å². The van der Waals surface area contributed by atoms with Crippen LogP contribution in [0.15, 0.2) is 34.5 Å². The molecule has 1 unspecified atom stereocenters. The summed E-state index contributed by atoms with van der Waals surface area (Å²) in [5, 5.41) is 8.51. The molecule has 0 N–H and O–H groups in total. The Bertz CT molecular complexity index is 735. The second kappa shape index (κ2) is 8.27. The van der Waals surface area contributed by atoms with Crippen LogP contribution in [0.2, 0.25) is 5.02 Å². The number of benzene rings is 1. The van der Waals surface area contributed by atoms with Crippen LogP contribution in [0.3, 0.4) is 0 Å². The number of hydrogen-bond donors (Lipinski definition) is 0. The molecular formula is C16H24ClN5O2S. The minimum atomic E-state index is -3.18. The summed E-state index contributed by atoms with van der Waals surface area (Å²) in [6.45, 7) is 7.67. The van der Waals surface area contributed by atoms with E-state index in [0.29, 0.717) is 31.2 Å². The quantitative estimate of drug-likeness (QED) is 0.440. The largest absolute Gasteiger partial charge is 0.330 e. The molecule has 7 nitrogen and oxygen atoms in total. The van der Waals surface area contributed by atoms with Crippen molar-refractivity contribution >= 4 is 39.9 Å². The van der Waals surface area contributed by atoms with Gasteiger partial charge in [0.25, 0.3) is 0 Å². The molecule has 1 saturated heterocycles. The highest BCUT2D eigenvalue weighted by atomic mass is 35.5. The lowest BCUT2D eigenvalue weighted by molar-refractivity contribution is 0.160. The number of amidine groups is 1. The van der Waals surface area contributed by atoms with Crippen LogP contribution in [-0.4, -0.2) is 75.7 Å². The summed E-state index contributed by atoms with van der Waals surface area (Å²) in [6.07, 6.45) is 1.25. The number of hydrogen-bond acceptors (Lipinski definition) is 5. The highest BCUT2D eigenvalue weighted by molar-refractivity contribution is 7.88. The molecule has 0 radical (unpaired) electrons. The Balaban J connectivity index is 2.09. The first-order valence-corrected chi connectivity index (χ1v) is 10.2. The minimum Gasteiger partial charge on any atom is -0.330 e. The Morgan fingerprint density at radius 2 is 2.00 bits per heavy atom. The zero-order chi connectivity index (χ0) is 18.6. The third-order valence-corrected chi connectivity index (χ3v) is 5.88. The summed E-state index contributed by atoms with van der Waals surface area (Å²) in [5.74, 6) is 0.734. The average Bonchev–Trinajstić information content (AvgIpc) is 2.53. The maximum Gasteiger partial charge on any atom is 0.211 e. The van der Waals surface area contributed by atoms with Gasteiger partial charge in [0.15, 0.2) is 0 Å². The Kier molecular flexibility index (Phi) is 6.56. The molecule has 1 atom stereocenters.